The number of pyridine rings is 1. The molecule has 1 saturated heterocycles. The number of benzene rings is 1. The summed E-state index contributed by atoms with van der Waals surface area (Å²) in [6.45, 7) is 0.884. The van der Waals surface area contributed by atoms with Crippen molar-refractivity contribution in [1.82, 2.24) is 4.98 Å². The van der Waals surface area contributed by atoms with Crippen molar-refractivity contribution in [3.05, 3.63) is 40.6 Å². The van der Waals surface area contributed by atoms with E-state index in [1.54, 1.807) is 4.90 Å². The van der Waals surface area contributed by atoms with Gasteiger partial charge in [-0.25, -0.2) is 4.98 Å². The van der Waals surface area contributed by atoms with Gasteiger partial charge in [-0.05, 0) is 12.5 Å². The summed E-state index contributed by atoms with van der Waals surface area (Å²) >= 11 is 0. The van der Waals surface area contributed by atoms with Crippen molar-refractivity contribution < 1.29 is 9.72 Å². The third-order valence-corrected chi connectivity index (χ3v) is 3.49. The second-order valence-electron chi connectivity index (χ2n) is 4.83. The Morgan fingerprint density at radius 1 is 1.30 bits per heavy atom. The largest absolute Gasteiger partial charge is 0.358 e. The number of hydrogen-bond donors (Lipinski definition) is 0. The molecule has 1 aliphatic heterocycles. The summed E-state index contributed by atoms with van der Waals surface area (Å²) in [7, 11) is 0. The topological polar surface area (TPSA) is 76.3 Å². The Morgan fingerprint density at radius 2 is 2.10 bits per heavy atom. The van der Waals surface area contributed by atoms with Crippen LogP contribution in [0.5, 0.6) is 0 Å². The molecule has 6 nitrogen and oxygen atoms in total. The highest BCUT2D eigenvalue weighted by Crippen LogP contribution is 2.35. The van der Waals surface area contributed by atoms with Gasteiger partial charge in [-0.2, -0.15) is 0 Å². The Kier molecular flexibility index (Phi) is 3.06. The minimum Gasteiger partial charge on any atom is -0.358 e. The zero-order valence-corrected chi connectivity index (χ0v) is 10.8. The van der Waals surface area contributed by atoms with E-state index in [2.05, 4.69) is 4.98 Å². The monoisotopic (exact) mass is 271 g/mol. The maximum absolute atomic E-state index is 11.6. The Hall–Kier alpha value is -2.50. The minimum atomic E-state index is -0.437. The number of carbonyl (C=O) groups excluding carboxylic acids is 1. The molecule has 0 aliphatic carbocycles. The van der Waals surface area contributed by atoms with Gasteiger partial charge >= 0.3 is 5.69 Å². The molecule has 20 heavy (non-hydrogen) atoms. The minimum absolute atomic E-state index is 0.0431. The molecule has 0 spiro atoms. The smallest absolute Gasteiger partial charge is 0.311 e. The number of Topliss-reactive ketones (excluding diaryl/α,β-unsaturated/α-hetero) is 1. The van der Waals surface area contributed by atoms with Gasteiger partial charge in [0.1, 0.15) is 11.9 Å². The Balaban J connectivity index is 2.21. The van der Waals surface area contributed by atoms with E-state index in [1.807, 2.05) is 24.3 Å². The molecule has 6 heteroatoms. The van der Waals surface area contributed by atoms with E-state index < -0.39 is 4.92 Å². The molecule has 1 aliphatic rings. The van der Waals surface area contributed by atoms with Crippen LogP contribution in [-0.2, 0) is 4.79 Å². The van der Waals surface area contributed by atoms with Crippen LogP contribution < -0.4 is 4.90 Å². The van der Waals surface area contributed by atoms with Gasteiger partial charge in [0.05, 0.1) is 17.0 Å². The van der Waals surface area contributed by atoms with Gasteiger partial charge in [0.25, 0.3) is 0 Å². The lowest BCUT2D eigenvalue weighted by Crippen LogP contribution is -2.36. The first-order valence-electron chi connectivity index (χ1n) is 6.45. The lowest BCUT2D eigenvalue weighted by molar-refractivity contribution is -0.384. The number of nitro groups is 1. The maximum atomic E-state index is 11.6. The van der Waals surface area contributed by atoms with Crippen molar-refractivity contribution in [1.29, 1.82) is 0 Å². The molecule has 0 amide bonds. The summed E-state index contributed by atoms with van der Waals surface area (Å²) in [6.07, 6.45) is 2.55. The van der Waals surface area contributed by atoms with Crippen LogP contribution in [0.1, 0.15) is 12.8 Å². The van der Waals surface area contributed by atoms with E-state index in [-0.39, 0.29) is 18.0 Å². The molecule has 0 bridgehead atoms. The van der Waals surface area contributed by atoms with Crippen molar-refractivity contribution in [3.8, 4) is 0 Å². The summed E-state index contributed by atoms with van der Waals surface area (Å²) in [5.74, 6) is 0.117. The Bertz CT molecular complexity index is 699. The van der Waals surface area contributed by atoms with E-state index >= 15 is 0 Å². The standard InChI is InChI=1S/C14H13N3O3/c18-10-4-3-7-16(9-10)14-11-5-1-2-6-12(11)15-8-13(14)17(19)20/h1-2,5-6,8H,3-4,7,9H2. The predicted octanol–water partition coefficient (Wildman–Crippen LogP) is 2.31. The molecule has 102 valence electrons. The van der Waals surface area contributed by atoms with Gasteiger partial charge in [-0.3, -0.25) is 14.9 Å². The number of piperidine rings is 1. The molecule has 0 atom stereocenters. The maximum Gasteiger partial charge on any atom is 0.311 e. The van der Waals surface area contributed by atoms with E-state index in [9.17, 15) is 14.9 Å². The van der Waals surface area contributed by atoms with Crippen molar-refractivity contribution >= 4 is 28.1 Å². The number of nitrogens with zero attached hydrogens (tertiary/aromatic N) is 3. The first-order chi connectivity index (χ1) is 9.66. The van der Waals surface area contributed by atoms with Crippen LogP contribution in [-0.4, -0.2) is 28.8 Å². The number of carbonyl (C=O) groups is 1. The summed E-state index contributed by atoms with van der Waals surface area (Å²) in [5.41, 5.74) is 1.16. The fourth-order valence-corrected chi connectivity index (χ4v) is 2.61. The average molecular weight is 271 g/mol. The van der Waals surface area contributed by atoms with Crippen LogP contribution in [0.4, 0.5) is 11.4 Å². The Morgan fingerprint density at radius 3 is 2.85 bits per heavy atom. The molecule has 0 unspecified atom stereocenters. The molecular formula is C14H13N3O3. The molecule has 2 heterocycles. The predicted molar refractivity (Wildman–Crippen MR) is 74.9 cm³/mol. The highest BCUT2D eigenvalue weighted by molar-refractivity contribution is 5.98. The summed E-state index contributed by atoms with van der Waals surface area (Å²) < 4.78 is 0. The number of fused-ring (bicyclic) bond motifs is 1. The fourth-order valence-electron chi connectivity index (χ4n) is 2.61. The second-order valence-corrected chi connectivity index (χ2v) is 4.83. The summed E-state index contributed by atoms with van der Waals surface area (Å²) in [6, 6.07) is 7.29. The molecule has 0 N–H and O–H groups in total. The number of para-hydroxylation sites is 1. The quantitative estimate of drug-likeness (QED) is 0.618. The third kappa shape index (κ3) is 2.09. The van der Waals surface area contributed by atoms with Crippen LogP contribution in [0.25, 0.3) is 10.9 Å². The van der Waals surface area contributed by atoms with Crippen molar-refractivity contribution in [2.45, 2.75) is 12.8 Å². The molecular weight excluding hydrogens is 258 g/mol. The Labute approximate surface area is 115 Å². The van der Waals surface area contributed by atoms with Crippen molar-refractivity contribution in [3.63, 3.8) is 0 Å². The lowest BCUT2D eigenvalue weighted by Gasteiger charge is -2.28. The van der Waals surface area contributed by atoms with Crippen LogP contribution >= 0.6 is 0 Å². The van der Waals surface area contributed by atoms with Crippen molar-refractivity contribution in [2.24, 2.45) is 0 Å². The fraction of sp³-hybridized carbons (Fsp3) is 0.286. The van der Waals surface area contributed by atoms with Gasteiger partial charge < -0.3 is 4.90 Å². The first-order valence-corrected chi connectivity index (χ1v) is 6.45. The van der Waals surface area contributed by atoms with Crippen LogP contribution in [0, 0.1) is 10.1 Å². The highest BCUT2D eigenvalue weighted by Gasteiger charge is 2.26. The van der Waals surface area contributed by atoms with Crippen LogP contribution in [0.3, 0.4) is 0 Å². The molecule has 2 aromatic rings. The SMILES string of the molecule is O=C1CCCN(c2c([N+](=O)[O-])cnc3ccccc23)C1. The van der Waals surface area contributed by atoms with Gasteiger partial charge in [0.15, 0.2) is 5.78 Å². The summed E-state index contributed by atoms with van der Waals surface area (Å²) in [5, 5.41) is 12.0. The third-order valence-electron chi connectivity index (χ3n) is 3.49. The molecule has 3 rings (SSSR count). The normalized spacial score (nSPS) is 15.6. The number of ketones is 1. The van der Waals surface area contributed by atoms with Crippen molar-refractivity contribution in [2.75, 3.05) is 18.0 Å². The lowest BCUT2D eigenvalue weighted by atomic mass is 10.1. The first kappa shape index (κ1) is 12.5. The second kappa shape index (κ2) is 4.88. The van der Waals surface area contributed by atoms with Crippen LogP contribution in [0.2, 0.25) is 0 Å². The molecule has 1 aromatic carbocycles. The molecule has 0 radical (unpaired) electrons. The van der Waals surface area contributed by atoms with Gasteiger partial charge in [0.2, 0.25) is 0 Å². The average Bonchev–Trinajstić information content (AvgIpc) is 2.46. The van der Waals surface area contributed by atoms with E-state index in [1.165, 1.54) is 6.20 Å². The zero-order valence-electron chi connectivity index (χ0n) is 10.8. The number of anilines is 1. The van der Waals surface area contributed by atoms with E-state index in [4.69, 9.17) is 0 Å². The molecule has 1 fully saturated rings. The van der Waals surface area contributed by atoms with Gasteiger partial charge in [-0.1, -0.05) is 18.2 Å². The molecule has 0 saturated carbocycles. The van der Waals surface area contributed by atoms with E-state index in [0.717, 1.165) is 11.8 Å². The van der Waals surface area contributed by atoms with E-state index in [0.29, 0.717) is 24.2 Å². The van der Waals surface area contributed by atoms with Gasteiger partial charge in [-0.15, -0.1) is 0 Å². The van der Waals surface area contributed by atoms with Gasteiger partial charge in [0, 0.05) is 18.4 Å². The zero-order chi connectivity index (χ0) is 14.1. The van der Waals surface area contributed by atoms with Crippen LogP contribution in [0.15, 0.2) is 30.5 Å². The number of rotatable bonds is 2. The number of hydrogen-bond acceptors (Lipinski definition) is 5. The summed E-state index contributed by atoms with van der Waals surface area (Å²) in [4.78, 5) is 28.4. The number of aromatic nitrogens is 1. The highest BCUT2D eigenvalue weighted by atomic mass is 16.6. The molecule has 1 aromatic heterocycles.